The average Bonchev–Trinajstić information content (AvgIpc) is 3.32. The Morgan fingerprint density at radius 2 is 1.75 bits per heavy atom. The van der Waals surface area contributed by atoms with Gasteiger partial charge in [0.15, 0.2) is 11.0 Å². The second-order valence-electron chi connectivity index (χ2n) is 7.26. The largest absolute Gasteiger partial charge is 0.546 e. The van der Waals surface area contributed by atoms with E-state index in [0.717, 1.165) is 11.3 Å². The summed E-state index contributed by atoms with van der Waals surface area (Å²) in [6.45, 7) is -0.589. The van der Waals surface area contributed by atoms with E-state index in [2.05, 4.69) is 20.7 Å². The van der Waals surface area contributed by atoms with Crippen LogP contribution in [0.15, 0.2) is 89.1 Å². The van der Waals surface area contributed by atoms with Gasteiger partial charge < -0.3 is 14.6 Å². The molecule has 0 fully saturated rings. The van der Waals surface area contributed by atoms with Gasteiger partial charge >= 0.3 is 0 Å². The highest BCUT2D eigenvalue weighted by Gasteiger charge is 2.17. The number of benzene rings is 3. The molecule has 3 aromatic carbocycles. The van der Waals surface area contributed by atoms with Gasteiger partial charge in [0.25, 0.3) is 5.91 Å². The van der Waals surface area contributed by atoms with Crippen LogP contribution in [-0.4, -0.2) is 45.2 Å². The van der Waals surface area contributed by atoms with Gasteiger partial charge in [0.05, 0.1) is 17.9 Å². The number of thioether (sulfide) groups is 1. The van der Waals surface area contributed by atoms with Crippen LogP contribution in [0.1, 0.15) is 5.56 Å². The lowest BCUT2D eigenvalue weighted by atomic mass is 10.2. The van der Waals surface area contributed by atoms with Crippen molar-refractivity contribution in [1.29, 1.82) is 0 Å². The molecule has 9 nitrogen and oxygen atoms in total. The number of amides is 1. The number of para-hydroxylation sites is 2. The van der Waals surface area contributed by atoms with Gasteiger partial charge in [0.1, 0.15) is 12.4 Å². The molecule has 0 saturated heterocycles. The van der Waals surface area contributed by atoms with Gasteiger partial charge in [-0.2, -0.15) is 5.10 Å². The first kappa shape index (κ1) is 25.0. The number of nitrogens with zero attached hydrogens (tertiary/aromatic N) is 4. The minimum Gasteiger partial charge on any atom is -0.546 e. The lowest BCUT2D eigenvalue weighted by Gasteiger charge is -2.10. The summed E-state index contributed by atoms with van der Waals surface area (Å²) in [6.07, 6.45) is 1.37. The number of hydrogen-bond donors (Lipinski definition) is 1. The molecule has 1 N–H and O–H groups in total. The van der Waals surface area contributed by atoms with Gasteiger partial charge in [0.2, 0.25) is 0 Å². The van der Waals surface area contributed by atoms with Crippen molar-refractivity contribution in [3.63, 3.8) is 0 Å². The van der Waals surface area contributed by atoms with Crippen molar-refractivity contribution < 1.29 is 19.4 Å². The Morgan fingerprint density at radius 3 is 2.50 bits per heavy atom. The van der Waals surface area contributed by atoms with Crippen molar-refractivity contribution in [3.8, 4) is 22.8 Å². The van der Waals surface area contributed by atoms with E-state index in [9.17, 15) is 14.7 Å². The van der Waals surface area contributed by atoms with Gasteiger partial charge in [-0.15, -0.1) is 10.2 Å². The fourth-order valence-electron chi connectivity index (χ4n) is 3.15. The van der Waals surface area contributed by atoms with Gasteiger partial charge in [-0.25, -0.2) is 5.43 Å². The molecule has 11 heteroatoms. The Kier molecular flexibility index (Phi) is 8.32. The fraction of sp³-hybridized carbons (Fsp3) is 0.0800. The third-order valence-corrected chi connectivity index (χ3v) is 5.92. The van der Waals surface area contributed by atoms with Crippen LogP contribution in [0.3, 0.4) is 0 Å². The molecule has 0 aliphatic heterocycles. The summed E-state index contributed by atoms with van der Waals surface area (Å²) >= 11 is 7.24. The number of carboxylic acids is 1. The number of aromatic nitrogens is 3. The van der Waals surface area contributed by atoms with Crippen LogP contribution in [0, 0.1) is 0 Å². The first-order valence-electron chi connectivity index (χ1n) is 10.6. The summed E-state index contributed by atoms with van der Waals surface area (Å²) in [6, 6.07) is 23.6. The summed E-state index contributed by atoms with van der Waals surface area (Å²) < 4.78 is 7.04. The van der Waals surface area contributed by atoms with Gasteiger partial charge in [-0.05, 0) is 48.5 Å². The molecule has 0 saturated carbocycles. The van der Waals surface area contributed by atoms with Crippen LogP contribution < -0.4 is 15.3 Å². The summed E-state index contributed by atoms with van der Waals surface area (Å²) in [5.41, 5.74) is 4.63. The van der Waals surface area contributed by atoms with Gasteiger partial charge in [-0.1, -0.05) is 53.7 Å². The maximum atomic E-state index is 12.4. The molecule has 0 spiro atoms. The monoisotopic (exact) mass is 520 g/mol. The summed E-state index contributed by atoms with van der Waals surface area (Å²) in [7, 11) is 0. The zero-order valence-electron chi connectivity index (χ0n) is 18.7. The number of carboxylic acid groups (broad SMARTS) is 1. The number of carbonyl (C=O) groups is 2. The van der Waals surface area contributed by atoms with Crippen molar-refractivity contribution in [2.24, 2.45) is 5.10 Å². The van der Waals surface area contributed by atoms with E-state index in [1.807, 2.05) is 47.0 Å². The normalized spacial score (nSPS) is 10.9. The topological polar surface area (TPSA) is 122 Å². The standard InChI is InChI=1S/C25H20ClN5O4S/c26-19-12-10-17(11-13-19)24-29-30-25(31(24)20-7-2-1-3-8-20)36-16-22(32)28-27-14-18-6-4-5-9-21(18)35-15-23(33)34/h1-14H,15-16H2,(H,28,32)(H,33,34)/p-1. The number of ether oxygens (including phenoxy) is 1. The number of hydrazone groups is 1. The fourth-order valence-corrected chi connectivity index (χ4v) is 4.02. The minimum absolute atomic E-state index is 0.0335. The van der Waals surface area contributed by atoms with Crippen LogP contribution >= 0.6 is 23.4 Å². The number of hydrogen-bond acceptors (Lipinski definition) is 8. The third-order valence-electron chi connectivity index (χ3n) is 4.74. The second-order valence-corrected chi connectivity index (χ2v) is 8.64. The van der Waals surface area contributed by atoms with E-state index in [-0.39, 0.29) is 11.7 Å². The van der Waals surface area contributed by atoms with E-state index in [0.29, 0.717) is 27.3 Å². The Balaban J connectivity index is 1.45. The molecule has 0 bridgehead atoms. The maximum Gasteiger partial charge on any atom is 0.250 e. The lowest BCUT2D eigenvalue weighted by molar-refractivity contribution is -0.307. The van der Waals surface area contributed by atoms with E-state index in [1.165, 1.54) is 18.0 Å². The molecule has 1 amide bonds. The lowest BCUT2D eigenvalue weighted by Crippen LogP contribution is -2.29. The maximum absolute atomic E-state index is 12.4. The number of nitrogens with one attached hydrogen (secondary N) is 1. The molecule has 182 valence electrons. The minimum atomic E-state index is -1.34. The second kappa shape index (κ2) is 12.0. The molecule has 4 aromatic rings. The van der Waals surface area contributed by atoms with Crippen LogP contribution in [-0.2, 0) is 9.59 Å². The molecule has 1 aromatic heterocycles. The Labute approximate surface area is 215 Å². The Hall–Kier alpha value is -4.15. The third kappa shape index (κ3) is 6.49. The zero-order valence-corrected chi connectivity index (χ0v) is 20.3. The summed E-state index contributed by atoms with van der Waals surface area (Å²) in [5, 5.41) is 24.4. The Bertz CT molecular complexity index is 1380. The van der Waals surface area contributed by atoms with Crippen LogP contribution in [0.2, 0.25) is 5.02 Å². The molecular formula is C25H19ClN5O4S-. The van der Waals surface area contributed by atoms with Crippen molar-refractivity contribution in [1.82, 2.24) is 20.2 Å². The van der Waals surface area contributed by atoms with Crippen molar-refractivity contribution >= 4 is 41.5 Å². The smallest absolute Gasteiger partial charge is 0.250 e. The quantitative estimate of drug-likeness (QED) is 0.194. The van der Waals surface area contributed by atoms with Gasteiger partial charge in [0, 0.05) is 21.8 Å². The summed E-state index contributed by atoms with van der Waals surface area (Å²) in [4.78, 5) is 23.1. The van der Waals surface area contributed by atoms with Crippen LogP contribution in [0.4, 0.5) is 0 Å². The van der Waals surface area contributed by atoms with Crippen molar-refractivity contribution in [2.75, 3.05) is 12.4 Å². The average molecular weight is 521 g/mol. The number of halogens is 1. The van der Waals surface area contributed by atoms with E-state index < -0.39 is 12.6 Å². The summed E-state index contributed by atoms with van der Waals surface area (Å²) in [5.74, 6) is -0.743. The van der Waals surface area contributed by atoms with Crippen molar-refractivity contribution in [3.05, 3.63) is 89.4 Å². The molecule has 0 unspecified atom stereocenters. The van der Waals surface area contributed by atoms with Crippen LogP contribution in [0.25, 0.3) is 17.1 Å². The van der Waals surface area contributed by atoms with E-state index in [1.54, 1.807) is 36.4 Å². The molecule has 0 aliphatic rings. The van der Waals surface area contributed by atoms with Gasteiger partial charge in [-0.3, -0.25) is 9.36 Å². The molecule has 1 heterocycles. The molecule has 0 aliphatic carbocycles. The van der Waals surface area contributed by atoms with E-state index >= 15 is 0 Å². The number of carbonyl (C=O) groups excluding carboxylic acids is 2. The molecule has 0 atom stereocenters. The van der Waals surface area contributed by atoms with Crippen LogP contribution in [0.5, 0.6) is 5.75 Å². The molecular weight excluding hydrogens is 502 g/mol. The number of rotatable bonds is 10. The van der Waals surface area contributed by atoms with E-state index in [4.69, 9.17) is 16.3 Å². The highest BCUT2D eigenvalue weighted by atomic mass is 35.5. The molecule has 36 heavy (non-hydrogen) atoms. The Morgan fingerprint density at radius 1 is 1.03 bits per heavy atom. The zero-order chi connectivity index (χ0) is 25.3. The first-order chi connectivity index (χ1) is 17.5. The predicted molar refractivity (Wildman–Crippen MR) is 135 cm³/mol. The predicted octanol–water partition coefficient (Wildman–Crippen LogP) is 2.96. The van der Waals surface area contributed by atoms with Crippen molar-refractivity contribution in [2.45, 2.75) is 5.16 Å². The first-order valence-corrected chi connectivity index (χ1v) is 12.0. The molecule has 4 rings (SSSR count). The highest BCUT2D eigenvalue weighted by molar-refractivity contribution is 7.99. The molecule has 0 radical (unpaired) electrons. The highest BCUT2D eigenvalue weighted by Crippen LogP contribution is 2.28. The number of aliphatic carboxylic acids is 1. The SMILES string of the molecule is O=C([O-])COc1ccccc1C=NNC(=O)CSc1nnc(-c2ccc(Cl)cc2)n1-c1ccccc1.